The number of benzene rings is 1. The second-order valence-corrected chi connectivity index (χ2v) is 7.35. The molecule has 3 atom stereocenters. The summed E-state index contributed by atoms with van der Waals surface area (Å²) in [4.78, 5) is 0. The Kier molecular flexibility index (Phi) is 3.52. The van der Waals surface area contributed by atoms with Crippen molar-refractivity contribution in [1.29, 1.82) is 0 Å². The van der Waals surface area contributed by atoms with E-state index in [-0.39, 0.29) is 5.60 Å². The van der Waals surface area contributed by atoms with Crippen LogP contribution in [0.15, 0.2) is 24.3 Å². The summed E-state index contributed by atoms with van der Waals surface area (Å²) < 4.78 is 6.10. The lowest BCUT2D eigenvalue weighted by atomic mass is 9.93. The zero-order chi connectivity index (χ0) is 13.5. The summed E-state index contributed by atoms with van der Waals surface area (Å²) in [6, 6.07) is 9.39. The molecule has 1 aromatic rings. The molecule has 1 aromatic carbocycles. The summed E-state index contributed by atoms with van der Waals surface area (Å²) in [5.41, 5.74) is 1.17. The Hall–Kier alpha value is -0.670. The predicted octanol–water partition coefficient (Wildman–Crippen LogP) is 3.77. The molecule has 1 saturated carbocycles. The van der Waals surface area contributed by atoms with Crippen molar-refractivity contribution in [2.45, 2.75) is 56.0 Å². The zero-order valence-corrected chi connectivity index (χ0v) is 12.8. The standard InChI is InChI=1S/C16H23NOS/c1-16(2)15(13-6-4-5-7-14(13)18-16)17-11-8-9-12(10-11)19-3/h4-7,11-12,15,17H,8-10H2,1-3H3. The van der Waals surface area contributed by atoms with Crippen LogP contribution in [0.25, 0.3) is 0 Å². The summed E-state index contributed by atoms with van der Waals surface area (Å²) in [6.45, 7) is 4.37. The number of fused-ring (bicyclic) bond motifs is 1. The van der Waals surface area contributed by atoms with Gasteiger partial charge in [0.2, 0.25) is 0 Å². The average molecular weight is 277 g/mol. The first-order valence-corrected chi connectivity index (χ1v) is 8.46. The van der Waals surface area contributed by atoms with Crippen molar-refractivity contribution >= 4 is 11.8 Å². The van der Waals surface area contributed by atoms with Crippen molar-refractivity contribution in [3.8, 4) is 5.75 Å². The molecule has 104 valence electrons. The van der Waals surface area contributed by atoms with Gasteiger partial charge in [-0.05, 0) is 45.4 Å². The number of thioether (sulfide) groups is 1. The molecule has 3 rings (SSSR count). The van der Waals surface area contributed by atoms with Gasteiger partial charge in [-0.15, -0.1) is 0 Å². The van der Waals surface area contributed by atoms with Crippen LogP contribution >= 0.6 is 11.8 Å². The third-order valence-electron chi connectivity index (χ3n) is 4.42. The molecule has 19 heavy (non-hydrogen) atoms. The number of nitrogens with one attached hydrogen (secondary N) is 1. The SMILES string of the molecule is CSC1CCC(NC2c3ccccc3OC2(C)C)C1. The molecule has 2 nitrogen and oxygen atoms in total. The molecule has 3 heteroatoms. The topological polar surface area (TPSA) is 21.3 Å². The van der Waals surface area contributed by atoms with Crippen LogP contribution in [-0.2, 0) is 0 Å². The Labute approximate surface area is 120 Å². The molecule has 1 aliphatic carbocycles. The van der Waals surface area contributed by atoms with Gasteiger partial charge in [-0.2, -0.15) is 11.8 Å². The van der Waals surface area contributed by atoms with Crippen molar-refractivity contribution in [3.63, 3.8) is 0 Å². The minimum atomic E-state index is -0.152. The van der Waals surface area contributed by atoms with Crippen LogP contribution in [0.1, 0.15) is 44.7 Å². The largest absolute Gasteiger partial charge is 0.486 e. The highest BCUT2D eigenvalue weighted by Gasteiger charge is 2.42. The van der Waals surface area contributed by atoms with Crippen molar-refractivity contribution in [1.82, 2.24) is 5.32 Å². The van der Waals surface area contributed by atoms with Crippen molar-refractivity contribution in [2.75, 3.05) is 6.26 Å². The van der Waals surface area contributed by atoms with Gasteiger partial charge in [-0.3, -0.25) is 0 Å². The van der Waals surface area contributed by atoms with Crippen LogP contribution in [0.5, 0.6) is 5.75 Å². The van der Waals surface area contributed by atoms with E-state index in [0.717, 1.165) is 11.0 Å². The fourth-order valence-electron chi connectivity index (χ4n) is 3.36. The Bertz CT molecular complexity index is 460. The predicted molar refractivity (Wildman–Crippen MR) is 82.0 cm³/mol. The fourth-order valence-corrected chi connectivity index (χ4v) is 4.16. The monoisotopic (exact) mass is 277 g/mol. The van der Waals surface area contributed by atoms with E-state index in [1.807, 2.05) is 11.8 Å². The number of hydrogen-bond acceptors (Lipinski definition) is 3. The first-order chi connectivity index (χ1) is 9.10. The Morgan fingerprint density at radius 1 is 1.26 bits per heavy atom. The number of para-hydroxylation sites is 1. The average Bonchev–Trinajstić information content (AvgIpc) is 2.93. The molecule has 0 bridgehead atoms. The van der Waals surface area contributed by atoms with Gasteiger partial charge >= 0.3 is 0 Å². The smallest absolute Gasteiger partial charge is 0.125 e. The highest BCUT2D eigenvalue weighted by molar-refractivity contribution is 7.99. The zero-order valence-electron chi connectivity index (χ0n) is 12.0. The second-order valence-electron chi connectivity index (χ2n) is 6.21. The maximum absolute atomic E-state index is 6.10. The van der Waals surface area contributed by atoms with Crippen LogP contribution in [-0.4, -0.2) is 23.1 Å². The molecule has 0 spiro atoms. The van der Waals surface area contributed by atoms with Gasteiger partial charge in [0.1, 0.15) is 11.4 Å². The Balaban J connectivity index is 1.76. The molecule has 3 unspecified atom stereocenters. The lowest BCUT2D eigenvalue weighted by Gasteiger charge is -2.30. The second kappa shape index (κ2) is 5.02. The Morgan fingerprint density at radius 2 is 2.05 bits per heavy atom. The van der Waals surface area contributed by atoms with E-state index >= 15 is 0 Å². The summed E-state index contributed by atoms with van der Waals surface area (Å²) >= 11 is 2.01. The van der Waals surface area contributed by atoms with Crippen LogP contribution in [0.3, 0.4) is 0 Å². The lowest BCUT2D eigenvalue weighted by molar-refractivity contribution is 0.0912. The number of rotatable bonds is 3. The quantitative estimate of drug-likeness (QED) is 0.908. The van der Waals surface area contributed by atoms with Gasteiger partial charge in [0.15, 0.2) is 0 Å². The van der Waals surface area contributed by atoms with Crippen LogP contribution in [0, 0.1) is 0 Å². The fraction of sp³-hybridized carbons (Fsp3) is 0.625. The van der Waals surface area contributed by atoms with Crippen LogP contribution in [0.2, 0.25) is 0 Å². The molecule has 2 aliphatic rings. The highest BCUT2D eigenvalue weighted by Crippen LogP contribution is 2.44. The van der Waals surface area contributed by atoms with E-state index in [1.165, 1.54) is 24.8 Å². The van der Waals surface area contributed by atoms with Crippen molar-refractivity contribution < 1.29 is 4.74 Å². The van der Waals surface area contributed by atoms with Crippen LogP contribution < -0.4 is 10.1 Å². The summed E-state index contributed by atoms with van der Waals surface area (Å²) in [5.74, 6) is 1.05. The molecular weight excluding hydrogens is 254 g/mol. The van der Waals surface area contributed by atoms with Crippen molar-refractivity contribution in [3.05, 3.63) is 29.8 Å². The molecule has 1 N–H and O–H groups in total. The van der Waals surface area contributed by atoms with Gasteiger partial charge in [0, 0.05) is 16.9 Å². The third-order valence-corrected chi connectivity index (χ3v) is 5.51. The molecule has 0 radical (unpaired) electrons. The third kappa shape index (κ3) is 2.50. The minimum Gasteiger partial charge on any atom is -0.486 e. The molecule has 0 saturated heterocycles. The van der Waals surface area contributed by atoms with E-state index in [9.17, 15) is 0 Å². The van der Waals surface area contributed by atoms with Gasteiger partial charge < -0.3 is 10.1 Å². The molecule has 1 aliphatic heterocycles. The van der Waals surface area contributed by atoms with E-state index in [4.69, 9.17) is 4.74 Å². The van der Waals surface area contributed by atoms with E-state index in [2.05, 4.69) is 49.7 Å². The normalized spacial score (nSPS) is 32.1. The lowest BCUT2D eigenvalue weighted by Crippen LogP contribution is -2.43. The summed E-state index contributed by atoms with van der Waals surface area (Å²) in [6.07, 6.45) is 6.15. The van der Waals surface area contributed by atoms with E-state index in [1.54, 1.807) is 0 Å². The molecule has 0 aromatic heterocycles. The maximum Gasteiger partial charge on any atom is 0.125 e. The first-order valence-electron chi connectivity index (χ1n) is 7.17. The van der Waals surface area contributed by atoms with Crippen LogP contribution in [0.4, 0.5) is 0 Å². The molecule has 1 heterocycles. The molecular formula is C16H23NOS. The Morgan fingerprint density at radius 3 is 2.79 bits per heavy atom. The number of ether oxygens (including phenoxy) is 1. The number of hydrogen-bond donors (Lipinski definition) is 1. The van der Waals surface area contributed by atoms with E-state index in [0.29, 0.717) is 12.1 Å². The van der Waals surface area contributed by atoms with Crippen molar-refractivity contribution in [2.24, 2.45) is 0 Å². The molecule has 0 amide bonds. The maximum atomic E-state index is 6.10. The molecule has 1 fully saturated rings. The first kappa shape index (κ1) is 13.3. The van der Waals surface area contributed by atoms with Gasteiger partial charge in [0.25, 0.3) is 0 Å². The van der Waals surface area contributed by atoms with Gasteiger partial charge in [0.05, 0.1) is 6.04 Å². The van der Waals surface area contributed by atoms with Gasteiger partial charge in [-0.1, -0.05) is 18.2 Å². The van der Waals surface area contributed by atoms with Gasteiger partial charge in [-0.25, -0.2) is 0 Å². The highest BCUT2D eigenvalue weighted by atomic mass is 32.2. The minimum absolute atomic E-state index is 0.152. The van der Waals surface area contributed by atoms with E-state index < -0.39 is 0 Å². The summed E-state index contributed by atoms with van der Waals surface area (Å²) in [5, 5.41) is 4.68. The summed E-state index contributed by atoms with van der Waals surface area (Å²) in [7, 11) is 0.